The van der Waals surface area contributed by atoms with Crippen molar-refractivity contribution in [3.8, 4) is 0 Å². The van der Waals surface area contributed by atoms with Crippen LogP contribution in [0.2, 0.25) is 0 Å². The Morgan fingerprint density at radius 3 is 3.20 bits per heavy atom. The van der Waals surface area contributed by atoms with Crippen molar-refractivity contribution in [2.75, 3.05) is 17.3 Å². The van der Waals surface area contributed by atoms with Gasteiger partial charge in [-0.3, -0.25) is 0 Å². The van der Waals surface area contributed by atoms with Gasteiger partial charge >= 0.3 is 5.63 Å². The topological polar surface area (TPSA) is 54.3 Å². The predicted octanol–water partition coefficient (Wildman–Crippen LogP) is 0.435. The van der Waals surface area contributed by atoms with Crippen molar-refractivity contribution in [3.63, 3.8) is 0 Å². The van der Waals surface area contributed by atoms with Crippen molar-refractivity contribution in [1.82, 2.24) is 0 Å². The molecule has 0 spiro atoms. The highest BCUT2D eigenvalue weighted by atomic mass is 16.4. The van der Waals surface area contributed by atoms with Gasteiger partial charge in [-0.05, 0) is 6.07 Å². The second-order valence-electron chi connectivity index (χ2n) is 2.03. The van der Waals surface area contributed by atoms with Gasteiger partial charge < -0.3 is 15.1 Å². The molecule has 1 aromatic rings. The van der Waals surface area contributed by atoms with Crippen molar-refractivity contribution < 1.29 is 4.42 Å². The van der Waals surface area contributed by atoms with Crippen LogP contribution in [-0.4, -0.2) is 6.67 Å². The van der Waals surface area contributed by atoms with Crippen LogP contribution in [0.3, 0.4) is 0 Å². The van der Waals surface area contributed by atoms with Gasteiger partial charge in [-0.25, -0.2) is 4.79 Å². The van der Waals surface area contributed by atoms with Gasteiger partial charge in [0.2, 0.25) is 5.88 Å². The van der Waals surface area contributed by atoms with Crippen molar-refractivity contribution in [3.05, 3.63) is 22.6 Å². The van der Waals surface area contributed by atoms with Crippen LogP contribution in [0.4, 0.5) is 11.6 Å². The van der Waals surface area contributed by atoms with E-state index in [9.17, 15) is 4.79 Å². The number of rotatable bonds is 0. The van der Waals surface area contributed by atoms with Crippen LogP contribution in [0.5, 0.6) is 0 Å². The Bertz CT molecular complexity index is 305. The van der Waals surface area contributed by atoms with E-state index in [4.69, 9.17) is 4.42 Å². The lowest BCUT2D eigenvalue weighted by Gasteiger charge is -1.91. The molecule has 0 bridgehead atoms. The Balaban J connectivity index is 2.63. The smallest absolute Gasteiger partial charge is 0.337 e. The highest BCUT2D eigenvalue weighted by Gasteiger charge is 2.09. The zero-order chi connectivity index (χ0) is 6.97. The second kappa shape index (κ2) is 1.76. The summed E-state index contributed by atoms with van der Waals surface area (Å²) in [6.45, 7) is 0.627. The predicted molar refractivity (Wildman–Crippen MR) is 37.1 cm³/mol. The molecule has 0 fully saturated rings. The van der Waals surface area contributed by atoms with Gasteiger partial charge in [-0.15, -0.1) is 0 Å². The Labute approximate surface area is 56.9 Å². The number of fused-ring (bicyclic) bond motifs is 1. The average Bonchev–Trinajstić information content (AvgIpc) is 2.33. The van der Waals surface area contributed by atoms with E-state index in [1.54, 1.807) is 6.07 Å². The molecule has 0 radical (unpaired) electrons. The molecular formula is C6H6N2O2. The molecule has 4 heteroatoms. The summed E-state index contributed by atoms with van der Waals surface area (Å²) in [4.78, 5) is 10.6. The first-order valence-corrected chi connectivity index (χ1v) is 2.98. The van der Waals surface area contributed by atoms with Crippen molar-refractivity contribution in [2.45, 2.75) is 0 Å². The van der Waals surface area contributed by atoms with Crippen LogP contribution in [0.15, 0.2) is 21.3 Å². The van der Waals surface area contributed by atoms with E-state index in [0.29, 0.717) is 12.6 Å². The van der Waals surface area contributed by atoms with E-state index >= 15 is 0 Å². The lowest BCUT2D eigenvalue weighted by atomic mass is 10.4. The highest BCUT2D eigenvalue weighted by molar-refractivity contribution is 5.66. The third kappa shape index (κ3) is 0.655. The third-order valence-electron chi connectivity index (χ3n) is 1.36. The van der Waals surface area contributed by atoms with Gasteiger partial charge in [0, 0.05) is 6.07 Å². The molecule has 2 heterocycles. The molecule has 0 aromatic carbocycles. The number of anilines is 2. The minimum absolute atomic E-state index is 0.324. The van der Waals surface area contributed by atoms with E-state index in [-0.39, 0.29) is 5.63 Å². The monoisotopic (exact) mass is 138 g/mol. The van der Waals surface area contributed by atoms with Crippen molar-refractivity contribution in [2.24, 2.45) is 0 Å². The Morgan fingerprint density at radius 2 is 2.30 bits per heavy atom. The van der Waals surface area contributed by atoms with Crippen molar-refractivity contribution in [1.29, 1.82) is 0 Å². The molecule has 0 unspecified atom stereocenters. The van der Waals surface area contributed by atoms with Crippen LogP contribution in [0, 0.1) is 0 Å². The Morgan fingerprint density at radius 1 is 1.40 bits per heavy atom. The average molecular weight is 138 g/mol. The number of hydrogen-bond acceptors (Lipinski definition) is 4. The molecule has 1 aliphatic rings. The largest absolute Gasteiger partial charge is 0.404 e. The van der Waals surface area contributed by atoms with Gasteiger partial charge in [0.05, 0.1) is 12.4 Å². The normalized spacial score (nSPS) is 13.6. The van der Waals surface area contributed by atoms with Crippen LogP contribution >= 0.6 is 0 Å². The lowest BCUT2D eigenvalue weighted by Crippen LogP contribution is -1.99. The van der Waals surface area contributed by atoms with Crippen LogP contribution in [-0.2, 0) is 0 Å². The third-order valence-corrected chi connectivity index (χ3v) is 1.36. The molecule has 1 aliphatic heterocycles. The standard InChI is InChI=1S/C6H6N2O2/c9-5-2-1-4-6(10-5)8-3-7-4/h1-2,7-8H,3H2. The fourth-order valence-electron chi connectivity index (χ4n) is 0.907. The van der Waals surface area contributed by atoms with Gasteiger partial charge in [-0.2, -0.15) is 0 Å². The molecule has 0 amide bonds. The maximum atomic E-state index is 10.6. The molecule has 10 heavy (non-hydrogen) atoms. The fourth-order valence-corrected chi connectivity index (χ4v) is 0.907. The quantitative estimate of drug-likeness (QED) is 0.546. The zero-order valence-corrected chi connectivity index (χ0v) is 5.18. The molecule has 0 aliphatic carbocycles. The molecule has 4 nitrogen and oxygen atoms in total. The Hall–Kier alpha value is -1.45. The number of hydrogen-bond donors (Lipinski definition) is 2. The number of nitrogens with one attached hydrogen (secondary N) is 2. The van der Waals surface area contributed by atoms with Crippen LogP contribution in [0.25, 0.3) is 0 Å². The molecule has 52 valence electrons. The van der Waals surface area contributed by atoms with E-state index in [1.807, 2.05) is 0 Å². The summed E-state index contributed by atoms with van der Waals surface area (Å²) < 4.78 is 4.79. The lowest BCUT2D eigenvalue weighted by molar-refractivity contribution is 0.532. The molecule has 0 saturated carbocycles. The first kappa shape index (κ1) is 5.34. The van der Waals surface area contributed by atoms with E-state index < -0.39 is 0 Å². The zero-order valence-electron chi connectivity index (χ0n) is 5.18. The molecule has 1 aromatic heterocycles. The van der Waals surface area contributed by atoms with Crippen LogP contribution < -0.4 is 16.3 Å². The SMILES string of the molecule is O=c1ccc2c(o1)NCN2. The first-order chi connectivity index (χ1) is 4.86. The summed E-state index contributed by atoms with van der Waals surface area (Å²) in [7, 11) is 0. The van der Waals surface area contributed by atoms with E-state index in [2.05, 4.69) is 10.6 Å². The minimum Gasteiger partial charge on any atom is -0.404 e. The summed E-state index contributed by atoms with van der Waals surface area (Å²) in [5, 5.41) is 5.85. The van der Waals surface area contributed by atoms with Gasteiger partial charge in [-0.1, -0.05) is 0 Å². The summed E-state index contributed by atoms with van der Waals surface area (Å²) in [5.74, 6) is 0.535. The fraction of sp³-hybridized carbons (Fsp3) is 0.167. The minimum atomic E-state index is -0.324. The summed E-state index contributed by atoms with van der Waals surface area (Å²) >= 11 is 0. The van der Waals surface area contributed by atoms with Gasteiger partial charge in [0.1, 0.15) is 0 Å². The molecular weight excluding hydrogens is 132 g/mol. The van der Waals surface area contributed by atoms with Gasteiger partial charge in [0.25, 0.3) is 0 Å². The summed E-state index contributed by atoms with van der Waals surface area (Å²) in [6, 6.07) is 3.08. The maximum Gasteiger partial charge on any atom is 0.337 e. The van der Waals surface area contributed by atoms with Gasteiger partial charge in [0.15, 0.2) is 0 Å². The first-order valence-electron chi connectivity index (χ1n) is 2.98. The van der Waals surface area contributed by atoms with Crippen LogP contribution in [0.1, 0.15) is 0 Å². The molecule has 2 rings (SSSR count). The van der Waals surface area contributed by atoms with E-state index in [0.717, 1.165) is 5.69 Å². The molecule has 0 saturated heterocycles. The maximum absolute atomic E-state index is 10.6. The Kier molecular flexibility index (Phi) is 0.943. The van der Waals surface area contributed by atoms with E-state index in [1.165, 1.54) is 6.07 Å². The second-order valence-corrected chi connectivity index (χ2v) is 2.03. The summed E-state index contributed by atoms with van der Waals surface area (Å²) in [6.07, 6.45) is 0. The molecule has 0 atom stereocenters. The summed E-state index contributed by atoms with van der Waals surface area (Å²) in [5.41, 5.74) is 0.523. The molecule has 2 N–H and O–H groups in total. The highest BCUT2D eigenvalue weighted by Crippen LogP contribution is 2.22. The van der Waals surface area contributed by atoms with Crippen molar-refractivity contribution >= 4 is 11.6 Å².